The van der Waals surface area contributed by atoms with Crippen LogP contribution >= 0.6 is 11.6 Å². The average molecular weight is 283 g/mol. The summed E-state index contributed by atoms with van der Waals surface area (Å²) < 4.78 is 0. The van der Waals surface area contributed by atoms with Gasteiger partial charge in [-0.3, -0.25) is 0 Å². The molecule has 2 nitrogen and oxygen atoms in total. The zero-order valence-electron chi connectivity index (χ0n) is 13.1. The van der Waals surface area contributed by atoms with Crippen molar-refractivity contribution in [3.8, 4) is 0 Å². The summed E-state index contributed by atoms with van der Waals surface area (Å²) in [7, 11) is 0. The summed E-state index contributed by atoms with van der Waals surface area (Å²) >= 11 is 6.14. The molecule has 0 saturated heterocycles. The molecule has 0 aromatic carbocycles. The standard InChI is InChI=1S/C16H27ClN2/c1-11(2)9-19(10-12(3)4)16-15(8-17)13(5)7-14(6)18-16/h7,11-12H,8-10H2,1-6H3. The minimum Gasteiger partial charge on any atom is -0.356 e. The fourth-order valence-corrected chi connectivity index (χ4v) is 2.73. The summed E-state index contributed by atoms with van der Waals surface area (Å²) in [5, 5.41) is 0. The van der Waals surface area contributed by atoms with Crippen molar-refractivity contribution in [2.45, 2.75) is 47.4 Å². The Morgan fingerprint density at radius 1 is 1.11 bits per heavy atom. The molecule has 0 radical (unpaired) electrons. The molecule has 0 saturated carbocycles. The molecule has 0 atom stereocenters. The van der Waals surface area contributed by atoms with E-state index in [0.717, 1.165) is 24.6 Å². The van der Waals surface area contributed by atoms with Crippen LogP contribution in [0.4, 0.5) is 5.82 Å². The van der Waals surface area contributed by atoms with Crippen LogP contribution in [0.5, 0.6) is 0 Å². The molecule has 1 aromatic rings. The highest BCUT2D eigenvalue weighted by atomic mass is 35.5. The Bertz CT molecular complexity index is 403. The predicted molar refractivity (Wildman–Crippen MR) is 85.2 cm³/mol. The van der Waals surface area contributed by atoms with Crippen LogP contribution in [0.15, 0.2) is 6.07 Å². The molecule has 1 heterocycles. The molecule has 0 spiro atoms. The van der Waals surface area contributed by atoms with E-state index in [4.69, 9.17) is 16.6 Å². The lowest BCUT2D eigenvalue weighted by atomic mass is 10.1. The summed E-state index contributed by atoms with van der Waals surface area (Å²) in [5.74, 6) is 2.84. The minimum absolute atomic E-state index is 0.529. The number of nitrogens with zero attached hydrogens (tertiary/aromatic N) is 2. The van der Waals surface area contributed by atoms with Crippen LogP contribution in [0.25, 0.3) is 0 Å². The summed E-state index contributed by atoms with van der Waals surface area (Å²) in [5.41, 5.74) is 3.49. The SMILES string of the molecule is Cc1cc(C)c(CCl)c(N(CC(C)C)CC(C)C)n1. The molecule has 3 heteroatoms. The van der Waals surface area contributed by atoms with Crippen molar-refractivity contribution in [3.63, 3.8) is 0 Å². The lowest BCUT2D eigenvalue weighted by Gasteiger charge is -2.30. The number of aromatic nitrogens is 1. The van der Waals surface area contributed by atoms with Crippen LogP contribution in [-0.2, 0) is 5.88 Å². The Labute approximate surface area is 123 Å². The van der Waals surface area contributed by atoms with Crippen molar-refractivity contribution in [2.75, 3.05) is 18.0 Å². The second-order valence-corrected chi connectivity index (χ2v) is 6.48. The van der Waals surface area contributed by atoms with Crippen LogP contribution in [0.2, 0.25) is 0 Å². The van der Waals surface area contributed by atoms with Gasteiger partial charge in [-0.25, -0.2) is 4.98 Å². The van der Waals surface area contributed by atoms with Gasteiger partial charge in [0.1, 0.15) is 5.82 Å². The molecule has 0 aliphatic heterocycles. The van der Waals surface area contributed by atoms with E-state index < -0.39 is 0 Å². The quantitative estimate of drug-likeness (QED) is 0.711. The van der Waals surface area contributed by atoms with Gasteiger partial charge in [-0.2, -0.15) is 0 Å². The summed E-state index contributed by atoms with van der Waals surface area (Å²) in [6.07, 6.45) is 0. The van der Waals surface area contributed by atoms with E-state index in [-0.39, 0.29) is 0 Å². The first-order chi connectivity index (χ1) is 8.85. The molecule has 0 bridgehead atoms. The Hall–Kier alpha value is -0.760. The molecule has 0 unspecified atom stereocenters. The second kappa shape index (κ2) is 7.14. The molecule has 0 amide bonds. The topological polar surface area (TPSA) is 16.1 Å². The van der Waals surface area contributed by atoms with E-state index in [1.165, 1.54) is 11.1 Å². The number of halogens is 1. The highest BCUT2D eigenvalue weighted by Crippen LogP contribution is 2.25. The molecule has 0 fully saturated rings. The molecule has 0 aliphatic rings. The van der Waals surface area contributed by atoms with Crippen LogP contribution in [-0.4, -0.2) is 18.1 Å². The van der Waals surface area contributed by atoms with Crippen molar-refractivity contribution < 1.29 is 0 Å². The van der Waals surface area contributed by atoms with Gasteiger partial charge in [-0.1, -0.05) is 27.7 Å². The fourth-order valence-electron chi connectivity index (χ4n) is 2.40. The van der Waals surface area contributed by atoms with Gasteiger partial charge >= 0.3 is 0 Å². The third-order valence-corrected chi connectivity index (χ3v) is 3.33. The average Bonchev–Trinajstić information content (AvgIpc) is 2.25. The van der Waals surface area contributed by atoms with Gasteiger partial charge in [0.05, 0.1) is 5.88 Å². The summed E-state index contributed by atoms with van der Waals surface area (Å²) in [6.45, 7) is 15.2. The smallest absolute Gasteiger partial charge is 0.133 e. The zero-order valence-corrected chi connectivity index (χ0v) is 13.9. The predicted octanol–water partition coefficient (Wildman–Crippen LogP) is 4.56. The third-order valence-electron chi connectivity index (χ3n) is 3.06. The molecule has 0 aliphatic carbocycles. The van der Waals surface area contributed by atoms with E-state index in [0.29, 0.717) is 17.7 Å². The monoisotopic (exact) mass is 282 g/mol. The highest BCUT2D eigenvalue weighted by molar-refractivity contribution is 6.17. The lowest BCUT2D eigenvalue weighted by Crippen LogP contribution is -2.33. The number of aryl methyl sites for hydroxylation is 2. The van der Waals surface area contributed by atoms with E-state index >= 15 is 0 Å². The van der Waals surface area contributed by atoms with Gasteiger partial charge in [0.2, 0.25) is 0 Å². The number of anilines is 1. The van der Waals surface area contributed by atoms with E-state index in [2.05, 4.69) is 52.5 Å². The van der Waals surface area contributed by atoms with Crippen LogP contribution < -0.4 is 4.90 Å². The molecule has 19 heavy (non-hydrogen) atoms. The number of hydrogen-bond acceptors (Lipinski definition) is 2. The van der Waals surface area contributed by atoms with Crippen LogP contribution in [0.1, 0.15) is 44.5 Å². The largest absolute Gasteiger partial charge is 0.356 e. The van der Waals surface area contributed by atoms with Crippen molar-refractivity contribution in [2.24, 2.45) is 11.8 Å². The molecule has 108 valence electrons. The van der Waals surface area contributed by atoms with Crippen LogP contribution in [0, 0.1) is 25.7 Å². The molecule has 1 rings (SSSR count). The van der Waals surface area contributed by atoms with Gasteiger partial charge in [0.25, 0.3) is 0 Å². The van der Waals surface area contributed by atoms with Crippen molar-refractivity contribution >= 4 is 17.4 Å². The van der Waals surface area contributed by atoms with Crippen molar-refractivity contribution in [1.29, 1.82) is 0 Å². The Morgan fingerprint density at radius 2 is 1.63 bits per heavy atom. The Balaban J connectivity index is 3.19. The maximum absolute atomic E-state index is 6.14. The van der Waals surface area contributed by atoms with Crippen LogP contribution in [0.3, 0.4) is 0 Å². The second-order valence-electron chi connectivity index (χ2n) is 6.21. The Kier molecular flexibility index (Phi) is 6.12. The van der Waals surface area contributed by atoms with Crippen molar-refractivity contribution in [3.05, 3.63) is 22.9 Å². The first-order valence-electron chi connectivity index (χ1n) is 7.13. The summed E-state index contributed by atoms with van der Waals surface area (Å²) in [6, 6.07) is 2.12. The molecule has 0 N–H and O–H groups in total. The van der Waals surface area contributed by atoms with E-state index in [1.54, 1.807) is 0 Å². The molecular weight excluding hydrogens is 256 g/mol. The van der Waals surface area contributed by atoms with E-state index in [1.807, 2.05) is 0 Å². The zero-order chi connectivity index (χ0) is 14.6. The van der Waals surface area contributed by atoms with Gasteiger partial charge in [-0.15, -0.1) is 11.6 Å². The van der Waals surface area contributed by atoms with Gasteiger partial charge in [-0.05, 0) is 37.3 Å². The fraction of sp³-hybridized carbons (Fsp3) is 0.688. The minimum atomic E-state index is 0.529. The van der Waals surface area contributed by atoms with Crippen molar-refractivity contribution in [1.82, 2.24) is 4.98 Å². The molecular formula is C16H27ClN2. The lowest BCUT2D eigenvalue weighted by molar-refractivity contribution is 0.547. The maximum Gasteiger partial charge on any atom is 0.133 e. The number of rotatable bonds is 6. The first kappa shape index (κ1) is 16.3. The number of hydrogen-bond donors (Lipinski definition) is 0. The number of alkyl halides is 1. The summed E-state index contributed by atoms with van der Waals surface area (Å²) in [4.78, 5) is 7.15. The van der Waals surface area contributed by atoms with Gasteiger partial charge < -0.3 is 4.90 Å². The maximum atomic E-state index is 6.14. The third kappa shape index (κ3) is 4.68. The Morgan fingerprint density at radius 3 is 2.05 bits per heavy atom. The highest BCUT2D eigenvalue weighted by Gasteiger charge is 2.17. The van der Waals surface area contributed by atoms with Gasteiger partial charge in [0.15, 0.2) is 0 Å². The normalized spacial score (nSPS) is 11.4. The first-order valence-corrected chi connectivity index (χ1v) is 7.66. The number of pyridine rings is 1. The molecule has 1 aromatic heterocycles. The van der Waals surface area contributed by atoms with Gasteiger partial charge in [0, 0.05) is 24.3 Å². The van der Waals surface area contributed by atoms with E-state index in [9.17, 15) is 0 Å².